The number of aromatic nitrogens is 1. The molecule has 6 nitrogen and oxygen atoms in total. The van der Waals surface area contributed by atoms with E-state index in [9.17, 15) is 8.42 Å². The van der Waals surface area contributed by atoms with Crippen LogP contribution in [0.2, 0.25) is 0 Å². The summed E-state index contributed by atoms with van der Waals surface area (Å²) in [5.41, 5.74) is 5.85. The van der Waals surface area contributed by atoms with E-state index >= 15 is 0 Å². The van der Waals surface area contributed by atoms with Crippen LogP contribution < -0.4 is 15.2 Å². The second-order valence-corrected chi connectivity index (χ2v) is 6.16. The van der Waals surface area contributed by atoms with Gasteiger partial charge in [0, 0.05) is 18.7 Å². The van der Waals surface area contributed by atoms with Crippen molar-refractivity contribution in [1.29, 1.82) is 0 Å². The van der Waals surface area contributed by atoms with Crippen molar-refractivity contribution < 1.29 is 13.2 Å². The minimum atomic E-state index is -3.53. The van der Waals surface area contributed by atoms with Gasteiger partial charge in [-0.05, 0) is 24.8 Å². The molecule has 0 aromatic carbocycles. The summed E-state index contributed by atoms with van der Waals surface area (Å²) >= 11 is 0. The third-order valence-corrected chi connectivity index (χ3v) is 4.37. The maximum absolute atomic E-state index is 11.9. The molecule has 0 radical (unpaired) electrons. The van der Waals surface area contributed by atoms with Crippen molar-refractivity contribution in [2.45, 2.75) is 23.8 Å². The number of sulfonamides is 1. The number of nitrogens with two attached hydrogens (primary N) is 1. The molecule has 2 rings (SSSR count). The number of nitrogens with zero attached hydrogens (tertiary/aromatic N) is 1. The number of ether oxygens (including phenoxy) is 1. The van der Waals surface area contributed by atoms with Gasteiger partial charge in [-0.1, -0.05) is 0 Å². The molecule has 1 aromatic rings. The molecule has 1 fully saturated rings. The van der Waals surface area contributed by atoms with Gasteiger partial charge in [0.1, 0.15) is 4.90 Å². The van der Waals surface area contributed by atoms with Gasteiger partial charge >= 0.3 is 0 Å². The van der Waals surface area contributed by atoms with Crippen LogP contribution in [0.5, 0.6) is 5.88 Å². The Labute approximate surface area is 107 Å². The number of hydrogen-bond donors (Lipinski definition) is 2. The molecule has 1 aliphatic rings. The topological polar surface area (TPSA) is 94.3 Å². The van der Waals surface area contributed by atoms with Crippen molar-refractivity contribution in [2.24, 2.45) is 11.7 Å². The summed E-state index contributed by atoms with van der Waals surface area (Å²) in [5, 5.41) is 0. The molecular weight excluding hydrogens is 254 g/mol. The van der Waals surface area contributed by atoms with Crippen LogP contribution in [0.1, 0.15) is 12.8 Å². The van der Waals surface area contributed by atoms with E-state index in [2.05, 4.69) is 9.71 Å². The monoisotopic (exact) mass is 271 g/mol. The van der Waals surface area contributed by atoms with Gasteiger partial charge in [0.2, 0.25) is 15.9 Å². The summed E-state index contributed by atoms with van der Waals surface area (Å²) in [7, 11) is -2.06. The van der Waals surface area contributed by atoms with Crippen LogP contribution >= 0.6 is 0 Å². The predicted molar refractivity (Wildman–Crippen MR) is 66.7 cm³/mol. The first-order chi connectivity index (χ1) is 8.53. The van der Waals surface area contributed by atoms with E-state index in [4.69, 9.17) is 10.5 Å². The fourth-order valence-corrected chi connectivity index (χ4v) is 2.64. The SMILES string of the molecule is COc1ccc(S(=O)(=O)NCC(N)C2CC2)cn1. The molecule has 1 unspecified atom stereocenters. The lowest BCUT2D eigenvalue weighted by atomic mass is 10.2. The van der Waals surface area contributed by atoms with E-state index in [1.165, 1.54) is 25.4 Å². The van der Waals surface area contributed by atoms with Gasteiger partial charge in [0.05, 0.1) is 13.3 Å². The van der Waals surface area contributed by atoms with Gasteiger partial charge in [-0.25, -0.2) is 18.1 Å². The van der Waals surface area contributed by atoms with Crippen LogP contribution in [0.15, 0.2) is 23.2 Å². The zero-order valence-corrected chi connectivity index (χ0v) is 11.0. The van der Waals surface area contributed by atoms with Crippen molar-refractivity contribution in [1.82, 2.24) is 9.71 Å². The Hall–Kier alpha value is -1.18. The Morgan fingerprint density at radius 3 is 2.78 bits per heavy atom. The van der Waals surface area contributed by atoms with Gasteiger partial charge in [-0.2, -0.15) is 0 Å². The highest BCUT2D eigenvalue weighted by atomic mass is 32.2. The van der Waals surface area contributed by atoms with Crippen molar-refractivity contribution in [3.63, 3.8) is 0 Å². The summed E-state index contributed by atoms with van der Waals surface area (Å²) in [5.74, 6) is 0.838. The second kappa shape index (κ2) is 5.21. The fourth-order valence-electron chi connectivity index (χ4n) is 1.63. The second-order valence-electron chi connectivity index (χ2n) is 4.39. The first-order valence-corrected chi connectivity index (χ1v) is 7.26. The molecule has 18 heavy (non-hydrogen) atoms. The van der Waals surface area contributed by atoms with Crippen molar-refractivity contribution in [3.8, 4) is 5.88 Å². The van der Waals surface area contributed by atoms with E-state index in [1.807, 2.05) is 0 Å². The number of rotatable bonds is 6. The van der Waals surface area contributed by atoms with Gasteiger partial charge < -0.3 is 10.5 Å². The molecule has 1 aromatic heterocycles. The summed E-state index contributed by atoms with van der Waals surface area (Å²) in [6.07, 6.45) is 3.45. The maximum atomic E-state index is 11.9. The molecule has 0 amide bonds. The van der Waals surface area contributed by atoms with E-state index < -0.39 is 10.0 Å². The lowest BCUT2D eigenvalue weighted by Gasteiger charge is -2.12. The van der Waals surface area contributed by atoms with Crippen molar-refractivity contribution in [3.05, 3.63) is 18.3 Å². The molecule has 1 atom stereocenters. The third kappa shape index (κ3) is 3.18. The van der Waals surface area contributed by atoms with Gasteiger partial charge in [-0.15, -0.1) is 0 Å². The van der Waals surface area contributed by atoms with E-state index in [-0.39, 0.29) is 17.5 Å². The highest BCUT2D eigenvalue weighted by Crippen LogP contribution is 2.31. The zero-order valence-electron chi connectivity index (χ0n) is 10.2. The predicted octanol–water partition coefficient (Wildman–Crippen LogP) is 0.106. The number of methoxy groups -OCH3 is 1. The fraction of sp³-hybridized carbons (Fsp3) is 0.545. The minimum absolute atomic E-state index is 0.106. The molecule has 0 spiro atoms. The van der Waals surface area contributed by atoms with Crippen LogP contribution in [0, 0.1) is 5.92 Å². The molecule has 0 bridgehead atoms. The Morgan fingerprint density at radius 1 is 1.56 bits per heavy atom. The highest BCUT2D eigenvalue weighted by molar-refractivity contribution is 7.89. The minimum Gasteiger partial charge on any atom is -0.481 e. The average molecular weight is 271 g/mol. The van der Waals surface area contributed by atoms with Crippen molar-refractivity contribution >= 4 is 10.0 Å². The zero-order chi connectivity index (χ0) is 13.2. The highest BCUT2D eigenvalue weighted by Gasteiger charge is 2.29. The number of pyridine rings is 1. The standard InChI is InChI=1S/C11H17N3O3S/c1-17-11-5-4-9(6-13-11)18(15,16)14-7-10(12)8-2-3-8/h4-6,8,10,14H,2-3,7,12H2,1H3. The summed E-state index contributed by atoms with van der Waals surface area (Å²) in [6.45, 7) is 0.263. The number of hydrogen-bond acceptors (Lipinski definition) is 5. The lowest BCUT2D eigenvalue weighted by Crippen LogP contribution is -2.38. The first kappa shape index (κ1) is 13.3. The normalized spacial score (nSPS) is 17.4. The molecule has 3 N–H and O–H groups in total. The summed E-state index contributed by atoms with van der Waals surface area (Å²) in [4.78, 5) is 3.98. The molecule has 100 valence electrons. The average Bonchev–Trinajstić information content (AvgIpc) is 3.20. The van der Waals surface area contributed by atoms with Crippen LogP contribution in [0.4, 0.5) is 0 Å². The number of nitrogens with one attached hydrogen (secondary N) is 1. The van der Waals surface area contributed by atoms with Crippen molar-refractivity contribution in [2.75, 3.05) is 13.7 Å². The quantitative estimate of drug-likeness (QED) is 0.765. The molecule has 0 aliphatic heterocycles. The van der Waals surface area contributed by atoms with Crippen LogP contribution in [-0.4, -0.2) is 33.1 Å². The van der Waals surface area contributed by atoms with Gasteiger partial charge in [0.15, 0.2) is 0 Å². The van der Waals surface area contributed by atoms with Crippen LogP contribution in [-0.2, 0) is 10.0 Å². The summed E-state index contributed by atoms with van der Waals surface area (Å²) < 4.78 is 31.2. The van der Waals surface area contributed by atoms with Gasteiger partial charge in [0.25, 0.3) is 0 Å². The largest absolute Gasteiger partial charge is 0.481 e. The van der Waals surface area contributed by atoms with E-state index in [1.54, 1.807) is 0 Å². The Bertz CT molecular complexity index is 497. The first-order valence-electron chi connectivity index (χ1n) is 5.78. The molecule has 1 aliphatic carbocycles. The molecule has 1 saturated carbocycles. The smallest absolute Gasteiger partial charge is 0.242 e. The van der Waals surface area contributed by atoms with E-state index in [0.29, 0.717) is 11.8 Å². The Kier molecular flexibility index (Phi) is 3.84. The Morgan fingerprint density at radius 2 is 2.28 bits per heavy atom. The summed E-state index contributed by atoms with van der Waals surface area (Å²) in [6, 6.07) is 2.86. The molecular formula is C11H17N3O3S. The van der Waals surface area contributed by atoms with Crippen LogP contribution in [0.25, 0.3) is 0 Å². The molecule has 0 saturated heterocycles. The Balaban J connectivity index is 1.99. The van der Waals surface area contributed by atoms with Crippen LogP contribution in [0.3, 0.4) is 0 Å². The van der Waals surface area contributed by atoms with E-state index in [0.717, 1.165) is 12.8 Å². The maximum Gasteiger partial charge on any atom is 0.242 e. The third-order valence-electron chi connectivity index (χ3n) is 2.97. The lowest BCUT2D eigenvalue weighted by molar-refractivity contribution is 0.397. The molecule has 7 heteroatoms. The van der Waals surface area contributed by atoms with Gasteiger partial charge in [-0.3, -0.25) is 0 Å². The molecule has 1 heterocycles.